The van der Waals surface area contributed by atoms with E-state index in [1.165, 1.54) is 10.9 Å². The van der Waals surface area contributed by atoms with Crippen molar-refractivity contribution < 1.29 is 8.78 Å². The van der Waals surface area contributed by atoms with Crippen LogP contribution in [0.3, 0.4) is 0 Å². The van der Waals surface area contributed by atoms with E-state index < -0.39 is 6.43 Å². The molecule has 0 fully saturated rings. The number of halogens is 3. The first-order valence-electron chi connectivity index (χ1n) is 5.95. The molecule has 0 amide bonds. The molecule has 1 heterocycles. The minimum absolute atomic E-state index is 0.0525. The Hall–Kier alpha value is -1.27. The van der Waals surface area contributed by atoms with Gasteiger partial charge in [-0.1, -0.05) is 22.9 Å². The molecule has 0 saturated heterocycles. The summed E-state index contributed by atoms with van der Waals surface area (Å²) in [6.07, 6.45) is -1.06. The molecule has 1 N–H and O–H groups in total. The Labute approximate surface area is 118 Å². The average molecular weight is 330 g/mol. The van der Waals surface area contributed by atoms with Gasteiger partial charge in [-0.15, -0.1) is 0 Å². The molecule has 0 radical (unpaired) electrons. The number of hydrogen-bond donors (Lipinski definition) is 1. The van der Waals surface area contributed by atoms with Crippen LogP contribution >= 0.6 is 15.9 Å². The summed E-state index contributed by atoms with van der Waals surface area (Å²) in [5.74, 6) is 0. The van der Waals surface area contributed by atoms with Crippen molar-refractivity contribution in [2.45, 2.75) is 19.9 Å². The summed E-state index contributed by atoms with van der Waals surface area (Å²) in [5, 5.41) is 7.11. The highest BCUT2D eigenvalue weighted by Gasteiger charge is 2.20. The lowest BCUT2D eigenvalue weighted by molar-refractivity contribution is 0.141. The number of nitrogens with one attached hydrogen (secondary N) is 1. The third-order valence-corrected chi connectivity index (χ3v) is 3.26. The Balaban J connectivity index is 2.39. The highest BCUT2D eigenvalue weighted by molar-refractivity contribution is 9.10. The molecule has 6 heteroatoms. The molecule has 0 spiro atoms. The second-order valence-electron chi connectivity index (χ2n) is 4.02. The largest absolute Gasteiger partial charge is 0.313 e. The van der Waals surface area contributed by atoms with Crippen molar-refractivity contribution in [3.63, 3.8) is 0 Å². The van der Waals surface area contributed by atoms with Crippen LogP contribution in [0.4, 0.5) is 8.78 Å². The van der Waals surface area contributed by atoms with Crippen molar-refractivity contribution in [1.29, 1.82) is 0 Å². The van der Waals surface area contributed by atoms with Gasteiger partial charge in [0.1, 0.15) is 5.69 Å². The Morgan fingerprint density at radius 2 is 2.00 bits per heavy atom. The van der Waals surface area contributed by atoms with Crippen molar-refractivity contribution >= 4 is 15.9 Å². The molecule has 19 heavy (non-hydrogen) atoms. The lowest BCUT2D eigenvalue weighted by Gasteiger charge is -2.09. The summed E-state index contributed by atoms with van der Waals surface area (Å²) in [5.41, 5.74) is 1.10. The van der Waals surface area contributed by atoms with Gasteiger partial charge in [-0.25, -0.2) is 13.5 Å². The number of hydrogen-bond acceptors (Lipinski definition) is 2. The molecular formula is C13H14BrF2N3. The Kier molecular flexibility index (Phi) is 4.66. The molecular weight excluding hydrogens is 316 g/mol. The van der Waals surface area contributed by atoms with E-state index in [9.17, 15) is 8.78 Å². The number of rotatable bonds is 5. The van der Waals surface area contributed by atoms with Gasteiger partial charge in [-0.2, -0.15) is 5.10 Å². The Morgan fingerprint density at radius 1 is 1.32 bits per heavy atom. The lowest BCUT2D eigenvalue weighted by Crippen LogP contribution is -2.13. The molecule has 102 valence electrons. The van der Waals surface area contributed by atoms with Crippen molar-refractivity contribution in [3.8, 4) is 5.69 Å². The van der Waals surface area contributed by atoms with Crippen molar-refractivity contribution in [3.05, 3.63) is 46.2 Å². The van der Waals surface area contributed by atoms with Crippen LogP contribution in [0, 0.1) is 0 Å². The molecule has 0 unspecified atom stereocenters. The van der Waals surface area contributed by atoms with E-state index in [1.807, 2.05) is 6.92 Å². The smallest absolute Gasteiger partial charge is 0.280 e. The fraction of sp³-hybridized carbons (Fsp3) is 0.308. The molecule has 3 nitrogen and oxygen atoms in total. The van der Waals surface area contributed by atoms with Gasteiger partial charge in [-0.05, 0) is 30.8 Å². The maximum absolute atomic E-state index is 13.2. The van der Waals surface area contributed by atoms with Crippen LogP contribution in [-0.4, -0.2) is 16.3 Å². The predicted octanol–water partition coefficient (Wildman–Crippen LogP) is 3.68. The maximum atomic E-state index is 13.2. The van der Waals surface area contributed by atoms with Crippen LogP contribution in [-0.2, 0) is 6.54 Å². The standard InChI is InChI=1S/C13H14BrF2N3/c1-2-17-7-9-8-18-19(12(9)13(15)16)11-5-3-10(14)4-6-11/h3-6,8,13,17H,2,7H2,1H3. The molecule has 0 aliphatic rings. The highest BCUT2D eigenvalue weighted by atomic mass is 79.9. The molecule has 0 bridgehead atoms. The van der Waals surface area contributed by atoms with Crippen LogP contribution in [0.1, 0.15) is 24.6 Å². The fourth-order valence-electron chi connectivity index (χ4n) is 1.81. The van der Waals surface area contributed by atoms with Crippen LogP contribution in [0.5, 0.6) is 0 Å². The molecule has 1 aromatic carbocycles. The second kappa shape index (κ2) is 6.25. The molecule has 0 atom stereocenters. The Bertz CT molecular complexity index is 537. The molecule has 0 aliphatic carbocycles. The number of alkyl halides is 2. The summed E-state index contributed by atoms with van der Waals surface area (Å²) in [6, 6.07) is 7.10. The fourth-order valence-corrected chi connectivity index (χ4v) is 2.07. The molecule has 2 aromatic rings. The van der Waals surface area contributed by atoms with Gasteiger partial charge < -0.3 is 5.32 Å². The van der Waals surface area contributed by atoms with Crippen molar-refractivity contribution in [2.75, 3.05) is 6.54 Å². The first-order chi connectivity index (χ1) is 9.13. The van der Waals surface area contributed by atoms with Gasteiger partial charge in [0, 0.05) is 16.6 Å². The van der Waals surface area contributed by atoms with Gasteiger partial charge in [0.2, 0.25) is 0 Å². The van der Waals surface area contributed by atoms with Crippen LogP contribution < -0.4 is 5.32 Å². The van der Waals surface area contributed by atoms with E-state index in [-0.39, 0.29) is 5.69 Å². The topological polar surface area (TPSA) is 29.9 Å². The van der Waals surface area contributed by atoms with E-state index >= 15 is 0 Å². The lowest BCUT2D eigenvalue weighted by atomic mass is 10.2. The average Bonchev–Trinajstić information content (AvgIpc) is 2.81. The zero-order valence-corrected chi connectivity index (χ0v) is 12.0. The van der Waals surface area contributed by atoms with E-state index in [1.54, 1.807) is 24.3 Å². The van der Waals surface area contributed by atoms with Crippen LogP contribution in [0.15, 0.2) is 34.9 Å². The van der Waals surface area contributed by atoms with Gasteiger partial charge in [0.25, 0.3) is 6.43 Å². The van der Waals surface area contributed by atoms with Crippen molar-refractivity contribution in [1.82, 2.24) is 15.1 Å². The summed E-state index contributed by atoms with van der Waals surface area (Å²) >= 11 is 3.32. The molecule has 2 rings (SSSR count). The quantitative estimate of drug-likeness (QED) is 0.906. The molecule has 1 aromatic heterocycles. The Morgan fingerprint density at radius 3 is 2.58 bits per heavy atom. The van der Waals surface area contributed by atoms with Crippen LogP contribution in [0.25, 0.3) is 5.69 Å². The zero-order valence-electron chi connectivity index (χ0n) is 10.4. The highest BCUT2D eigenvalue weighted by Crippen LogP contribution is 2.26. The summed E-state index contributed by atoms with van der Waals surface area (Å²) in [6.45, 7) is 3.06. The van der Waals surface area contributed by atoms with Gasteiger partial charge in [-0.3, -0.25) is 0 Å². The van der Waals surface area contributed by atoms with E-state index in [2.05, 4.69) is 26.3 Å². The van der Waals surface area contributed by atoms with Gasteiger partial charge in [0.05, 0.1) is 11.9 Å². The molecule has 0 saturated carbocycles. The maximum Gasteiger partial charge on any atom is 0.280 e. The van der Waals surface area contributed by atoms with Crippen LogP contribution in [0.2, 0.25) is 0 Å². The monoisotopic (exact) mass is 329 g/mol. The predicted molar refractivity (Wildman–Crippen MR) is 73.6 cm³/mol. The first kappa shape index (κ1) is 14.1. The van der Waals surface area contributed by atoms with E-state index in [0.29, 0.717) is 17.8 Å². The third kappa shape index (κ3) is 3.19. The van der Waals surface area contributed by atoms with E-state index in [0.717, 1.165) is 11.0 Å². The SMILES string of the molecule is CCNCc1cnn(-c2ccc(Br)cc2)c1C(F)F. The van der Waals surface area contributed by atoms with Gasteiger partial charge in [0.15, 0.2) is 0 Å². The summed E-state index contributed by atoms with van der Waals surface area (Å²) in [4.78, 5) is 0. The van der Waals surface area contributed by atoms with E-state index in [4.69, 9.17) is 0 Å². The summed E-state index contributed by atoms with van der Waals surface area (Å²) in [7, 11) is 0. The number of nitrogens with zero attached hydrogens (tertiary/aromatic N) is 2. The number of benzene rings is 1. The zero-order chi connectivity index (χ0) is 13.8. The number of aromatic nitrogens is 2. The second-order valence-corrected chi connectivity index (χ2v) is 4.94. The van der Waals surface area contributed by atoms with Crippen molar-refractivity contribution in [2.24, 2.45) is 0 Å². The normalized spacial score (nSPS) is 11.2. The third-order valence-electron chi connectivity index (χ3n) is 2.73. The molecule has 0 aliphatic heterocycles. The summed E-state index contributed by atoms with van der Waals surface area (Å²) < 4.78 is 28.6. The first-order valence-corrected chi connectivity index (χ1v) is 6.74. The minimum Gasteiger partial charge on any atom is -0.313 e. The minimum atomic E-state index is -2.56. The van der Waals surface area contributed by atoms with Gasteiger partial charge >= 0.3 is 0 Å².